The molecule has 2 aliphatic heterocycles. The second-order valence-electron chi connectivity index (χ2n) is 8.94. The predicted octanol–water partition coefficient (Wildman–Crippen LogP) is 5.59. The van der Waals surface area contributed by atoms with Crippen LogP contribution in [0.25, 0.3) is 0 Å². The second kappa shape index (κ2) is 6.46. The Morgan fingerprint density at radius 3 is 1.71 bits per heavy atom. The van der Waals surface area contributed by atoms with Crippen LogP contribution in [0.1, 0.15) is 107 Å². The maximum Gasteiger partial charge on any atom is 0.0951 e. The van der Waals surface area contributed by atoms with Crippen molar-refractivity contribution in [2.75, 3.05) is 0 Å². The van der Waals surface area contributed by atoms with Gasteiger partial charge in [0.05, 0.1) is 17.8 Å². The van der Waals surface area contributed by atoms with Gasteiger partial charge in [-0.1, -0.05) is 53.7 Å². The highest BCUT2D eigenvalue weighted by molar-refractivity contribution is 5.47. The number of fused-ring (bicyclic) bond motifs is 2. The van der Waals surface area contributed by atoms with Crippen LogP contribution in [-0.4, -0.2) is 17.3 Å². The Hall–Kier alpha value is -0.860. The average molecular weight is 331 g/mol. The molecular weight excluding hydrogens is 296 g/mol. The zero-order valence-corrected chi connectivity index (χ0v) is 16.2. The van der Waals surface area contributed by atoms with Crippen LogP contribution in [0.2, 0.25) is 0 Å². The van der Waals surface area contributed by atoms with Crippen molar-refractivity contribution in [2.45, 2.75) is 103 Å². The van der Waals surface area contributed by atoms with Crippen LogP contribution in [0.15, 0.2) is 12.1 Å². The minimum absolute atomic E-state index is 0.235. The molecule has 1 N–H and O–H groups in total. The van der Waals surface area contributed by atoms with E-state index in [-0.39, 0.29) is 12.2 Å². The third kappa shape index (κ3) is 3.15. The van der Waals surface area contributed by atoms with Gasteiger partial charge < -0.3 is 9.84 Å². The summed E-state index contributed by atoms with van der Waals surface area (Å²) in [6.45, 7) is 13.5. The molecule has 1 aromatic carbocycles. The lowest BCUT2D eigenvalue weighted by Gasteiger charge is -2.40. The molecule has 134 valence electrons. The molecular formula is C22H34O2. The Bertz CT molecular complexity index is 559. The first-order chi connectivity index (χ1) is 11.2. The Balaban J connectivity index is 2.17. The monoisotopic (exact) mass is 330 g/mol. The van der Waals surface area contributed by atoms with Crippen molar-refractivity contribution in [3.63, 3.8) is 0 Å². The zero-order chi connectivity index (χ0) is 17.6. The number of rotatable bonds is 4. The van der Waals surface area contributed by atoms with E-state index in [1.807, 2.05) is 0 Å². The molecule has 2 saturated heterocycles. The van der Waals surface area contributed by atoms with Gasteiger partial charge >= 0.3 is 0 Å². The van der Waals surface area contributed by atoms with E-state index >= 15 is 0 Å². The third-order valence-corrected chi connectivity index (χ3v) is 5.92. The van der Waals surface area contributed by atoms with Crippen molar-refractivity contribution >= 4 is 0 Å². The lowest BCUT2D eigenvalue weighted by atomic mass is 9.73. The number of hydrogen-bond acceptors (Lipinski definition) is 2. The summed E-state index contributed by atoms with van der Waals surface area (Å²) in [6, 6.07) is 4.71. The van der Waals surface area contributed by atoms with Gasteiger partial charge in [0.1, 0.15) is 0 Å². The summed E-state index contributed by atoms with van der Waals surface area (Å²) in [5.41, 5.74) is 4.57. The molecule has 0 aromatic heterocycles. The van der Waals surface area contributed by atoms with Crippen LogP contribution in [0.5, 0.6) is 0 Å². The van der Waals surface area contributed by atoms with Gasteiger partial charge in [-0.2, -0.15) is 0 Å². The van der Waals surface area contributed by atoms with E-state index in [0.717, 1.165) is 25.7 Å². The molecule has 1 aromatic rings. The summed E-state index contributed by atoms with van der Waals surface area (Å²) in [4.78, 5) is 0. The fourth-order valence-corrected chi connectivity index (χ4v) is 4.61. The minimum Gasteiger partial charge on any atom is -0.385 e. The SMILES string of the molecule is CC(C)c1cc(C(C)C)c(C2(O)CC3CCC(C2)O3)c(C(C)C)c1. The molecule has 2 fully saturated rings. The fraction of sp³-hybridized carbons (Fsp3) is 0.727. The molecule has 0 spiro atoms. The highest BCUT2D eigenvalue weighted by Gasteiger charge is 2.46. The Morgan fingerprint density at radius 2 is 1.33 bits per heavy atom. The lowest BCUT2D eigenvalue weighted by molar-refractivity contribution is -0.116. The van der Waals surface area contributed by atoms with Gasteiger partial charge in [0, 0.05) is 12.8 Å². The fourth-order valence-electron chi connectivity index (χ4n) is 4.61. The second-order valence-corrected chi connectivity index (χ2v) is 8.94. The molecule has 2 heteroatoms. The van der Waals surface area contributed by atoms with Crippen molar-refractivity contribution in [3.05, 3.63) is 34.4 Å². The van der Waals surface area contributed by atoms with E-state index in [2.05, 4.69) is 53.7 Å². The van der Waals surface area contributed by atoms with Crippen LogP contribution >= 0.6 is 0 Å². The van der Waals surface area contributed by atoms with Crippen LogP contribution in [0.4, 0.5) is 0 Å². The quantitative estimate of drug-likeness (QED) is 0.780. The van der Waals surface area contributed by atoms with E-state index in [0.29, 0.717) is 17.8 Å². The normalized spacial score (nSPS) is 29.9. The van der Waals surface area contributed by atoms with Gasteiger partial charge in [-0.3, -0.25) is 0 Å². The molecule has 2 nitrogen and oxygen atoms in total. The first-order valence-electron chi connectivity index (χ1n) is 9.77. The molecule has 2 aliphatic rings. The van der Waals surface area contributed by atoms with Crippen molar-refractivity contribution < 1.29 is 9.84 Å². The van der Waals surface area contributed by atoms with Gasteiger partial charge in [-0.15, -0.1) is 0 Å². The van der Waals surface area contributed by atoms with Gasteiger partial charge in [-0.05, 0) is 52.8 Å². The first kappa shape index (κ1) is 17.9. The number of aliphatic hydroxyl groups is 1. The molecule has 2 heterocycles. The molecule has 2 unspecified atom stereocenters. The smallest absolute Gasteiger partial charge is 0.0951 e. The van der Waals surface area contributed by atoms with Crippen molar-refractivity contribution in [2.24, 2.45) is 0 Å². The van der Waals surface area contributed by atoms with E-state index in [1.165, 1.54) is 22.3 Å². The van der Waals surface area contributed by atoms with E-state index in [4.69, 9.17) is 4.74 Å². The van der Waals surface area contributed by atoms with Crippen LogP contribution in [-0.2, 0) is 10.3 Å². The lowest BCUT2D eigenvalue weighted by Crippen LogP contribution is -2.40. The maximum atomic E-state index is 11.7. The summed E-state index contributed by atoms with van der Waals surface area (Å²) in [6.07, 6.45) is 4.18. The number of benzene rings is 1. The molecule has 3 rings (SSSR count). The molecule has 0 aliphatic carbocycles. The van der Waals surface area contributed by atoms with Gasteiger partial charge in [-0.25, -0.2) is 0 Å². The number of hydrogen-bond donors (Lipinski definition) is 1. The van der Waals surface area contributed by atoms with Crippen LogP contribution < -0.4 is 0 Å². The van der Waals surface area contributed by atoms with Crippen molar-refractivity contribution in [1.82, 2.24) is 0 Å². The summed E-state index contributed by atoms with van der Waals surface area (Å²) in [7, 11) is 0. The summed E-state index contributed by atoms with van der Waals surface area (Å²) >= 11 is 0. The standard InChI is InChI=1S/C22H34O2/c1-13(2)16-9-19(14(3)4)21(20(10-16)15(5)6)22(23)11-17-7-8-18(12-22)24-17/h9-10,13-15,17-18,23H,7-8,11-12H2,1-6H3. The Kier molecular flexibility index (Phi) is 4.83. The van der Waals surface area contributed by atoms with Gasteiger partial charge in [0.15, 0.2) is 0 Å². The molecule has 2 bridgehead atoms. The molecule has 2 atom stereocenters. The van der Waals surface area contributed by atoms with Crippen molar-refractivity contribution in [1.29, 1.82) is 0 Å². The molecule has 0 saturated carbocycles. The largest absolute Gasteiger partial charge is 0.385 e. The van der Waals surface area contributed by atoms with Gasteiger partial charge in [0.2, 0.25) is 0 Å². The maximum absolute atomic E-state index is 11.7. The van der Waals surface area contributed by atoms with Crippen molar-refractivity contribution in [3.8, 4) is 0 Å². The number of ether oxygens (including phenoxy) is 1. The topological polar surface area (TPSA) is 29.5 Å². The predicted molar refractivity (Wildman–Crippen MR) is 99.7 cm³/mol. The molecule has 0 radical (unpaired) electrons. The third-order valence-electron chi connectivity index (χ3n) is 5.92. The molecule has 24 heavy (non-hydrogen) atoms. The Labute approximate surface area is 147 Å². The summed E-state index contributed by atoms with van der Waals surface area (Å²) in [5, 5.41) is 11.7. The minimum atomic E-state index is -0.723. The van der Waals surface area contributed by atoms with E-state index < -0.39 is 5.60 Å². The van der Waals surface area contributed by atoms with Crippen LogP contribution in [0.3, 0.4) is 0 Å². The molecule has 0 amide bonds. The van der Waals surface area contributed by atoms with Crippen LogP contribution in [0, 0.1) is 0 Å². The summed E-state index contributed by atoms with van der Waals surface area (Å²) < 4.78 is 6.02. The first-order valence-corrected chi connectivity index (χ1v) is 9.77. The highest BCUT2D eigenvalue weighted by Crippen LogP contribution is 2.48. The van der Waals surface area contributed by atoms with E-state index in [9.17, 15) is 5.11 Å². The van der Waals surface area contributed by atoms with Gasteiger partial charge in [0.25, 0.3) is 0 Å². The zero-order valence-electron chi connectivity index (χ0n) is 16.2. The highest BCUT2D eigenvalue weighted by atomic mass is 16.5. The summed E-state index contributed by atoms with van der Waals surface area (Å²) in [5.74, 6) is 1.34. The average Bonchev–Trinajstić information content (AvgIpc) is 2.85. The van der Waals surface area contributed by atoms with E-state index in [1.54, 1.807) is 0 Å². The Morgan fingerprint density at radius 1 is 0.875 bits per heavy atom.